The molecule has 2 aromatic carbocycles. The number of rotatable bonds is 5. The van der Waals surface area contributed by atoms with Crippen molar-refractivity contribution in [3.05, 3.63) is 54.1 Å². The molecule has 3 atom stereocenters. The minimum Gasteiger partial charge on any atom is -0.493 e. The Balaban J connectivity index is 1.94. The Morgan fingerprint density at radius 1 is 1.17 bits per heavy atom. The summed E-state index contributed by atoms with van der Waals surface area (Å²) in [6, 6.07) is 15.7. The molecule has 0 saturated carbocycles. The van der Waals surface area contributed by atoms with Crippen LogP contribution in [0.5, 0.6) is 17.2 Å². The maximum atomic E-state index is 10.3. The Bertz CT molecular complexity index is 687. The van der Waals surface area contributed by atoms with Gasteiger partial charge in [0, 0.05) is 24.4 Å². The van der Waals surface area contributed by atoms with Crippen molar-refractivity contribution in [2.45, 2.75) is 25.9 Å². The second-order valence-corrected chi connectivity index (χ2v) is 6.69. The topological polar surface area (TPSA) is 50.7 Å². The quantitative estimate of drug-likeness (QED) is 0.881. The third kappa shape index (κ3) is 3.12. The van der Waals surface area contributed by atoms with E-state index in [-0.39, 0.29) is 11.3 Å². The average Bonchev–Trinajstić information content (AvgIpc) is 2.99. The molecule has 1 saturated heterocycles. The lowest BCUT2D eigenvalue weighted by Crippen LogP contribution is -2.36. The predicted molar refractivity (Wildman–Crippen MR) is 94.9 cm³/mol. The molecule has 0 unspecified atom stereocenters. The number of nitrogens with one attached hydrogen (secondary N) is 1. The maximum absolute atomic E-state index is 10.3. The van der Waals surface area contributed by atoms with Crippen LogP contribution in [0.2, 0.25) is 0 Å². The zero-order chi connectivity index (χ0) is 17.2. The molecule has 2 aromatic rings. The van der Waals surface area contributed by atoms with Gasteiger partial charge in [-0.1, -0.05) is 31.2 Å². The highest BCUT2D eigenvalue weighted by atomic mass is 16.5. The fourth-order valence-corrected chi connectivity index (χ4v) is 3.38. The summed E-state index contributed by atoms with van der Waals surface area (Å²) < 4.78 is 11.5. The molecule has 4 heteroatoms. The monoisotopic (exact) mass is 327 g/mol. The normalized spacial score (nSPS) is 24.6. The van der Waals surface area contributed by atoms with Crippen molar-refractivity contribution in [2.24, 2.45) is 5.41 Å². The van der Waals surface area contributed by atoms with E-state index in [1.54, 1.807) is 7.11 Å². The maximum Gasteiger partial charge on any atom is 0.169 e. The van der Waals surface area contributed by atoms with E-state index in [1.807, 2.05) is 49.4 Å². The van der Waals surface area contributed by atoms with Gasteiger partial charge in [-0.3, -0.25) is 0 Å². The van der Waals surface area contributed by atoms with E-state index in [0.29, 0.717) is 11.5 Å². The summed E-state index contributed by atoms with van der Waals surface area (Å²) in [4.78, 5) is 0. The van der Waals surface area contributed by atoms with Gasteiger partial charge in [0.1, 0.15) is 5.75 Å². The molecule has 1 fully saturated rings. The fourth-order valence-electron chi connectivity index (χ4n) is 3.38. The van der Waals surface area contributed by atoms with Gasteiger partial charge >= 0.3 is 0 Å². The number of hydrogen-bond donors (Lipinski definition) is 2. The first kappa shape index (κ1) is 16.8. The van der Waals surface area contributed by atoms with Crippen LogP contribution in [0.15, 0.2) is 48.5 Å². The molecule has 0 spiro atoms. The van der Waals surface area contributed by atoms with E-state index < -0.39 is 6.10 Å². The van der Waals surface area contributed by atoms with Crippen LogP contribution in [-0.2, 0) is 0 Å². The van der Waals surface area contributed by atoms with Gasteiger partial charge in [-0.05, 0) is 36.8 Å². The minimum atomic E-state index is -0.391. The summed E-state index contributed by atoms with van der Waals surface area (Å²) in [6.45, 7) is 5.64. The van der Waals surface area contributed by atoms with E-state index in [2.05, 4.69) is 18.3 Å². The minimum absolute atomic E-state index is 0.196. The second-order valence-electron chi connectivity index (χ2n) is 6.69. The first-order valence-electron chi connectivity index (χ1n) is 8.34. The summed E-state index contributed by atoms with van der Waals surface area (Å²) in [5, 5.41) is 13.7. The molecule has 0 bridgehead atoms. The molecule has 0 aromatic heterocycles. The van der Waals surface area contributed by atoms with E-state index in [9.17, 15) is 5.11 Å². The smallest absolute Gasteiger partial charge is 0.169 e. The molecular formula is C20H25NO3. The van der Waals surface area contributed by atoms with Crippen LogP contribution >= 0.6 is 0 Å². The van der Waals surface area contributed by atoms with Crippen molar-refractivity contribution in [1.82, 2.24) is 5.32 Å². The Kier molecular flexibility index (Phi) is 4.78. The van der Waals surface area contributed by atoms with Crippen molar-refractivity contribution in [3.8, 4) is 17.2 Å². The van der Waals surface area contributed by atoms with Crippen LogP contribution in [0.3, 0.4) is 0 Å². The van der Waals surface area contributed by atoms with Gasteiger partial charge in [-0.25, -0.2) is 0 Å². The van der Waals surface area contributed by atoms with Gasteiger partial charge in [-0.15, -0.1) is 0 Å². The van der Waals surface area contributed by atoms with E-state index in [4.69, 9.17) is 9.47 Å². The summed E-state index contributed by atoms with van der Waals surface area (Å²) in [6.07, 6.45) is -0.391. The number of aliphatic hydroxyl groups excluding tert-OH is 1. The molecule has 1 heterocycles. The van der Waals surface area contributed by atoms with Gasteiger partial charge in [0.25, 0.3) is 0 Å². The van der Waals surface area contributed by atoms with Gasteiger partial charge in [0.15, 0.2) is 11.5 Å². The van der Waals surface area contributed by atoms with Crippen molar-refractivity contribution in [2.75, 3.05) is 20.2 Å². The standard InChI is InChI=1S/C20H25NO3/c1-14(22)20(2)13-21-12-17(20)15-9-10-18(23-3)19(11-15)24-16-7-5-4-6-8-16/h4-11,14,17,21-22H,12-13H2,1-3H3/t14-,17-,20-/m0/s1. The molecule has 0 aliphatic carbocycles. The predicted octanol–water partition coefficient (Wildman–Crippen LogP) is 3.56. The van der Waals surface area contributed by atoms with Crippen molar-refractivity contribution >= 4 is 0 Å². The van der Waals surface area contributed by atoms with Gasteiger partial charge in [-0.2, -0.15) is 0 Å². The lowest BCUT2D eigenvalue weighted by molar-refractivity contribution is 0.0549. The molecule has 1 aliphatic heterocycles. The number of methoxy groups -OCH3 is 1. The number of benzene rings is 2. The molecule has 24 heavy (non-hydrogen) atoms. The number of ether oxygens (including phenoxy) is 2. The first-order chi connectivity index (χ1) is 11.5. The van der Waals surface area contributed by atoms with Crippen LogP contribution < -0.4 is 14.8 Å². The summed E-state index contributed by atoms with van der Waals surface area (Å²) >= 11 is 0. The SMILES string of the molecule is COc1ccc([C@@H]2CNC[C@@]2(C)[C@H](C)O)cc1Oc1ccccc1. The molecule has 4 nitrogen and oxygen atoms in total. The van der Waals surface area contributed by atoms with E-state index in [1.165, 1.54) is 0 Å². The Morgan fingerprint density at radius 3 is 2.58 bits per heavy atom. The Labute approximate surface area is 143 Å². The molecule has 0 amide bonds. The van der Waals surface area contributed by atoms with Crippen LogP contribution in [0.25, 0.3) is 0 Å². The summed E-state index contributed by atoms with van der Waals surface area (Å²) in [7, 11) is 1.64. The van der Waals surface area contributed by atoms with Gasteiger partial charge in [0.2, 0.25) is 0 Å². The average molecular weight is 327 g/mol. The number of aliphatic hydroxyl groups is 1. The van der Waals surface area contributed by atoms with E-state index in [0.717, 1.165) is 24.4 Å². The largest absolute Gasteiger partial charge is 0.493 e. The van der Waals surface area contributed by atoms with Crippen LogP contribution in [0.4, 0.5) is 0 Å². The van der Waals surface area contributed by atoms with Crippen LogP contribution in [0, 0.1) is 5.41 Å². The Morgan fingerprint density at radius 2 is 1.92 bits per heavy atom. The van der Waals surface area contributed by atoms with Crippen molar-refractivity contribution < 1.29 is 14.6 Å². The molecular weight excluding hydrogens is 302 g/mol. The molecule has 0 radical (unpaired) electrons. The second kappa shape index (κ2) is 6.83. The molecule has 128 valence electrons. The highest BCUT2D eigenvalue weighted by molar-refractivity contribution is 5.47. The summed E-state index contributed by atoms with van der Waals surface area (Å²) in [5.74, 6) is 2.39. The molecule has 1 aliphatic rings. The third-order valence-electron chi connectivity index (χ3n) is 5.17. The lowest BCUT2D eigenvalue weighted by atomic mass is 9.72. The highest BCUT2D eigenvalue weighted by Crippen LogP contribution is 2.44. The first-order valence-corrected chi connectivity index (χ1v) is 8.34. The fraction of sp³-hybridized carbons (Fsp3) is 0.400. The number of hydrogen-bond acceptors (Lipinski definition) is 4. The molecule has 3 rings (SSSR count). The van der Waals surface area contributed by atoms with Crippen molar-refractivity contribution in [3.63, 3.8) is 0 Å². The van der Waals surface area contributed by atoms with Gasteiger partial charge in [0.05, 0.1) is 13.2 Å². The summed E-state index contributed by atoms with van der Waals surface area (Å²) in [5.41, 5.74) is 0.952. The zero-order valence-corrected chi connectivity index (χ0v) is 14.5. The van der Waals surface area contributed by atoms with Gasteiger partial charge < -0.3 is 19.9 Å². The van der Waals surface area contributed by atoms with E-state index >= 15 is 0 Å². The molecule has 2 N–H and O–H groups in total. The van der Waals surface area contributed by atoms with Crippen LogP contribution in [0.1, 0.15) is 25.3 Å². The van der Waals surface area contributed by atoms with Crippen molar-refractivity contribution in [1.29, 1.82) is 0 Å². The third-order valence-corrected chi connectivity index (χ3v) is 5.17. The zero-order valence-electron chi connectivity index (χ0n) is 14.5. The lowest BCUT2D eigenvalue weighted by Gasteiger charge is -2.34. The van der Waals surface area contributed by atoms with Crippen LogP contribution in [-0.4, -0.2) is 31.4 Å². The Hall–Kier alpha value is -2.04. The highest BCUT2D eigenvalue weighted by Gasteiger charge is 2.43. The number of para-hydroxylation sites is 1.